The maximum absolute atomic E-state index is 12.0. The van der Waals surface area contributed by atoms with Gasteiger partial charge in [-0.2, -0.15) is 13.9 Å². The average molecular weight is 212 g/mol. The van der Waals surface area contributed by atoms with Crippen molar-refractivity contribution < 1.29 is 13.5 Å². The molecule has 1 aromatic heterocycles. The minimum atomic E-state index is -2.79. The molecule has 0 amide bonds. The molecule has 0 atom stereocenters. The Bertz CT molecular complexity index is 467. The molecule has 0 saturated carbocycles. The Morgan fingerprint density at radius 1 is 1.47 bits per heavy atom. The lowest BCUT2D eigenvalue weighted by atomic mass is 10.2. The largest absolute Gasteiger partial charge is 0.435 e. The third kappa shape index (κ3) is 1.91. The number of halogens is 2. The molecule has 1 aromatic carbocycles. The summed E-state index contributed by atoms with van der Waals surface area (Å²) in [4.78, 5) is 0. The van der Waals surface area contributed by atoms with Crippen LogP contribution in [0.2, 0.25) is 0 Å². The van der Waals surface area contributed by atoms with Crippen molar-refractivity contribution >= 4 is 10.9 Å². The topological polar surface area (TPSA) is 37.9 Å². The highest BCUT2D eigenvalue weighted by molar-refractivity contribution is 5.82. The Hall–Kier alpha value is -1.65. The first-order chi connectivity index (χ1) is 7.20. The second-order valence-corrected chi connectivity index (χ2v) is 3.11. The molecule has 0 fully saturated rings. The monoisotopic (exact) mass is 212 g/mol. The molecule has 0 bridgehead atoms. The molecule has 0 radical (unpaired) electrons. The van der Waals surface area contributed by atoms with E-state index in [1.54, 1.807) is 12.1 Å². The molecule has 2 aromatic rings. The first-order valence-electron chi connectivity index (χ1n) is 4.62. The Balaban J connectivity index is 2.43. The number of aromatic nitrogens is 2. The Kier molecular flexibility index (Phi) is 2.53. The van der Waals surface area contributed by atoms with Gasteiger partial charge in [-0.1, -0.05) is 6.92 Å². The summed E-state index contributed by atoms with van der Waals surface area (Å²) in [6.45, 7) is -0.838. The number of benzene rings is 1. The smallest absolute Gasteiger partial charge is 0.387 e. The van der Waals surface area contributed by atoms with Crippen molar-refractivity contribution in [2.75, 3.05) is 0 Å². The molecule has 0 aliphatic heterocycles. The van der Waals surface area contributed by atoms with Gasteiger partial charge in [0, 0.05) is 5.39 Å². The molecule has 0 saturated heterocycles. The van der Waals surface area contributed by atoms with Gasteiger partial charge in [0.15, 0.2) is 0 Å². The SMILES string of the molecule is CCc1n[nH]c2ccc(OC(F)F)cc12. The van der Waals surface area contributed by atoms with Crippen molar-refractivity contribution in [3.05, 3.63) is 23.9 Å². The standard InChI is InChI=1S/C10H10F2N2O/c1-2-8-7-5-6(15-10(11)12)3-4-9(7)14-13-8/h3-5,10H,2H2,1H3,(H,13,14). The lowest BCUT2D eigenvalue weighted by molar-refractivity contribution is -0.0497. The quantitative estimate of drug-likeness (QED) is 0.849. The Labute approximate surface area is 85.0 Å². The van der Waals surface area contributed by atoms with Gasteiger partial charge in [-0.05, 0) is 24.6 Å². The van der Waals surface area contributed by atoms with Crippen molar-refractivity contribution in [1.29, 1.82) is 0 Å². The summed E-state index contributed by atoms with van der Waals surface area (Å²) in [5.41, 5.74) is 1.68. The zero-order chi connectivity index (χ0) is 10.8. The van der Waals surface area contributed by atoms with Gasteiger partial charge in [0.2, 0.25) is 0 Å². The van der Waals surface area contributed by atoms with Crippen LogP contribution in [-0.2, 0) is 6.42 Å². The van der Waals surface area contributed by atoms with Crippen molar-refractivity contribution in [2.24, 2.45) is 0 Å². The van der Waals surface area contributed by atoms with Gasteiger partial charge >= 0.3 is 6.61 Å². The number of hydrogen-bond donors (Lipinski definition) is 1. The molecule has 0 spiro atoms. The minimum absolute atomic E-state index is 0.161. The average Bonchev–Trinajstić information content (AvgIpc) is 2.59. The highest BCUT2D eigenvalue weighted by Gasteiger charge is 2.08. The molecular formula is C10H10F2N2O. The summed E-state index contributed by atoms with van der Waals surface area (Å²) in [6.07, 6.45) is 0.748. The minimum Gasteiger partial charge on any atom is -0.435 e. The van der Waals surface area contributed by atoms with Crippen LogP contribution >= 0.6 is 0 Å². The highest BCUT2D eigenvalue weighted by atomic mass is 19.3. The lowest BCUT2D eigenvalue weighted by Crippen LogP contribution is -2.01. The van der Waals surface area contributed by atoms with Crippen LogP contribution in [0.1, 0.15) is 12.6 Å². The zero-order valence-electron chi connectivity index (χ0n) is 8.13. The van der Waals surface area contributed by atoms with Gasteiger partial charge < -0.3 is 4.74 Å². The Morgan fingerprint density at radius 3 is 2.93 bits per heavy atom. The van der Waals surface area contributed by atoms with Crippen molar-refractivity contribution in [3.8, 4) is 5.75 Å². The molecule has 2 rings (SSSR count). The number of ether oxygens (including phenoxy) is 1. The number of fused-ring (bicyclic) bond motifs is 1. The number of alkyl halides is 2. The predicted octanol–water partition coefficient (Wildman–Crippen LogP) is 2.73. The third-order valence-corrected chi connectivity index (χ3v) is 2.17. The van der Waals surface area contributed by atoms with E-state index in [0.717, 1.165) is 23.0 Å². The van der Waals surface area contributed by atoms with Crippen LogP contribution < -0.4 is 4.74 Å². The van der Waals surface area contributed by atoms with Crippen LogP contribution in [0, 0.1) is 0 Å². The van der Waals surface area contributed by atoms with Crippen LogP contribution in [0.4, 0.5) is 8.78 Å². The summed E-state index contributed by atoms with van der Waals surface area (Å²) < 4.78 is 28.3. The molecule has 80 valence electrons. The second-order valence-electron chi connectivity index (χ2n) is 3.11. The van der Waals surface area contributed by atoms with E-state index in [0.29, 0.717) is 0 Å². The molecule has 1 heterocycles. The fourth-order valence-electron chi connectivity index (χ4n) is 1.49. The lowest BCUT2D eigenvalue weighted by Gasteiger charge is -2.03. The van der Waals surface area contributed by atoms with Gasteiger partial charge in [0.05, 0.1) is 11.2 Å². The third-order valence-electron chi connectivity index (χ3n) is 2.17. The van der Waals surface area contributed by atoms with E-state index in [4.69, 9.17) is 0 Å². The van der Waals surface area contributed by atoms with E-state index < -0.39 is 6.61 Å². The summed E-state index contributed by atoms with van der Waals surface area (Å²) in [5.74, 6) is 0.161. The van der Waals surface area contributed by atoms with Crippen LogP contribution in [0.5, 0.6) is 5.75 Å². The number of aryl methyl sites for hydroxylation is 1. The number of aromatic amines is 1. The second kappa shape index (κ2) is 3.84. The fraction of sp³-hybridized carbons (Fsp3) is 0.300. The molecule has 3 nitrogen and oxygen atoms in total. The number of H-pyrrole nitrogens is 1. The maximum atomic E-state index is 12.0. The van der Waals surface area contributed by atoms with Gasteiger partial charge in [-0.15, -0.1) is 0 Å². The number of nitrogens with zero attached hydrogens (tertiary/aromatic N) is 1. The van der Waals surface area contributed by atoms with Crippen LogP contribution in [0.25, 0.3) is 10.9 Å². The number of nitrogens with one attached hydrogen (secondary N) is 1. The van der Waals surface area contributed by atoms with E-state index in [2.05, 4.69) is 14.9 Å². The van der Waals surface area contributed by atoms with E-state index in [9.17, 15) is 8.78 Å². The number of hydrogen-bond acceptors (Lipinski definition) is 2. The van der Waals surface area contributed by atoms with Crippen molar-refractivity contribution in [2.45, 2.75) is 20.0 Å². The van der Waals surface area contributed by atoms with Gasteiger partial charge in [0.1, 0.15) is 5.75 Å². The molecule has 1 N–H and O–H groups in total. The molecule has 0 aliphatic carbocycles. The number of rotatable bonds is 3. The summed E-state index contributed by atoms with van der Waals surface area (Å²) in [6, 6.07) is 4.75. The fourth-order valence-corrected chi connectivity index (χ4v) is 1.49. The summed E-state index contributed by atoms with van der Waals surface area (Å²) >= 11 is 0. The highest BCUT2D eigenvalue weighted by Crippen LogP contribution is 2.23. The molecule has 15 heavy (non-hydrogen) atoms. The van der Waals surface area contributed by atoms with Crippen LogP contribution in [0.3, 0.4) is 0 Å². The van der Waals surface area contributed by atoms with Gasteiger partial charge in [-0.25, -0.2) is 0 Å². The normalized spacial score (nSPS) is 11.2. The van der Waals surface area contributed by atoms with Crippen molar-refractivity contribution in [3.63, 3.8) is 0 Å². The summed E-state index contributed by atoms with van der Waals surface area (Å²) in [7, 11) is 0. The maximum Gasteiger partial charge on any atom is 0.387 e. The van der Waals surface area contributed by atoms with E-state index >= 15 is 0 Å². The van der Waals surface area contributed by atoms with E-state index in [1.807, 2.05) is 6.92 Å². The zero-order valence-corrected chi connectivity index (χ0v) is 8.13. The first-order valence-corrected chi connectivity index (χ1v) is 4.62. The van der Waals surface area contributed by atoms with Crippen molar-refractivity contribution in [1.82, 2.24) is 10.2 Å². The van der Waals surface area contributed by atoms with Crippen LogP contribution in [0.15, 0.2) is 18.2 Å². The van der Waals surface area contributed by atoms with E-state index in [1.165, 1.54) is 6.07 Å². The molecule has 0 unspecified atom stereocenters. The molecular weight excluding hydrogens is 202 g/mol. The predicted molar refractivity (Wildman–Crippen MR) is 52.1 cm³/mol. The first kappa shape index (κ1) is 9.89. The summed E-state index contributed by atoms with van der Waals surface area (Å²) in [5, 5.41) is 7.72. The van der Waals surface area contributed by atoms with Gasteiger partial charge in [0.25, 0.3) is 0 Å². The molecule has 5 heteroatoms. The van der Waals surface area contributed by atoms with Gasteiger partial charge in [-0.3, -0.25) is 5.10 Å². The van der Waals surface area contributed by atoms with E-state index in [-0.39, 0.29) is 5.75 Å². The van der Waals surface area contributed by atoms with Crippen LogP contribution in [-0.4, -0.2) is 16.8 Å². The molecule has 0 aliphatic rings. The Morgan fingerprint density at radius 2 is 2.27 bits per heavy atom.